The lowest BCUT2D eigenvalue weighted by Crippen LogP contribution is -2.50. The van der Waals surface area contributed by atoms with E-state index in [1.807, 2.05) is 6.07 Å². The van der Waals surface area contributed by atoms with E-state index in [9.17, 15) is 0 Å². The van der Waals surface area contributed by atoms with Gasteiger partial charge in [0, 0.05) is 25.2 Å². The molecule has 0 aliphatic carbocycles. The molecule has 0 aromatic heterocycles. The Morgan fingerprint density at radius 1 is 1.35 bits per heavy atom. The molecule has 1 saturated heterocycles. The standard InChI is InChI=1S/C14H22N2O/c1-11-10-17-12(2)9-16(11)14(8-15)13-6-4-3-5-7-13/h3-7,11-12,14H,8-10,15H2,1-2H3. The quantitative estimate of drug-likeness (QED) is 0.866. The molecule has 1 aliphatic heterocycles. The highest BCUT2D eigenvalue weighted by Gasteiger charge is 2.29. The van der Waals surface area contributed by atoms with Crippen LogP contribution in [0.15, 0.2) is 30.3 Å². The Balaban J connectivity index is 2.17. The second-order valence-corrected chi connectivity index (χ2v) is 4.85. The van der Waals surface area contributed by atoms with E-state index in [4.69, 9.17) is 10.5 Å². The van der Waals surface area contributed by atoms with Crippen LogP contribution in [0.4, 0.5) is 0 Å². The van der Waals surface area contributed by atoms with Crippen LogP contribution in [0.2, 0.25) is 0 Å². The number of hydrogen-bond acceptors (Lipinski definition) is 3. The summed E-state index contributed by atoms with van der Waals surface area (Å²) in [5.41, 5.74) is 7.26. The molecule has 0 spiro atoms. The maximum Gasteiger partial charge on any atom is 0.0675 e. The molecule has 2 N–H and O–H groups in total. The SMILES string of the molecule is CC1CN(C(CN)c2ccccc2)C(C)CO1. The minimum Gasteiger partial charge on any atom is -0.376 e. The van der Waals surface area contributed by atoms with Crippen molar-refractivity contribution in [1.29, 1.82) is 0 Å². The van der Waals surface area contributed by atoms with E-state index in [1.165, 1.54) is 5.56 Å². The lowest BCUT2D eigenvalue weighted by atomic mass is 10.0. The van der Waals surface area contributed by atoms with E-state index in [-0.39, 0.29) is 0 Å². The van der Waals surface area contributed by atoms with Crippen molar-refractivity contribution in [2.24, 2.45) is 5.73 Å². The Bertz CT molecular complexity index is 341. The summed E-state index contributed by atoms with van der Waals surface area (Å²) >= 11 is 0. The number of ether oxygens (including phenoxy) is 1. The molecule has 3 atom stereocenters. The van der Waals surface area contributed by atoms with Gasteiger partial charge in [-0.3, -0.25) is 4.90 Å². The van der Waals surface area contributed by atoms with Crippen molar-refractivity contribution in [3.05, 3.63) is 35.9 Å². The first-order valence-electron chi connectivity index (χ1n) is 6.34. The molecule has 0 amide bonds. The van der Waals surface area contributed by atoms with E-state index in [0.29, 0.717) is 24.7 Å². The zero-order valence-corrected chi connectivity index (χ0v) is 10.7. The van der Waals surface area contributed by atoms with Gasteiger partial charge >= 0.3 is 0 Å². The highest BCUT2D eigenvalue weighted by atomic mass is 16.5. The number of rotatable bonds is 3. The fourth-order valence-electron chi connectivity index (χ4n) is 2.50. The van der Waals surface area contributed by atoms with E-state index in [1.54, 1.807) is 0 Å². The second kappa shape index (κ2) is 5.63. The molecule has 3 heteroatoms. The summed E-state index contributed by atoms with van der Waals surface area (Å²) in [5.74, 6) is 0. The lowest BCUT2D eigenvalue weighted by molar-refractivity contribution is -0.0653. The van der Waals surface area contributed by atoms with Crippen LogP contribution in [-0.4, -0.2) is 36.7 Å². The normalized spacial score (nSPS) is 27.9. The van der Waals surface area contributed by atoms with Gasteiger partial charge in [0.1, 0.15) is 0 Å². The lowest BCUT2D eigenvalue weighted by Gasteiger charge is -2.41. The zero-order valence-electron chi connectivity index (χ0n) is 10.7. The van der Waals surface area contributed by atoms with E-state index in [2.05, 4.69) is 43.0 Å². The smallest absolute Gasteiger partial charge is 0.0675 e. The van der Waals surface area contributed by atoms with E-state index >= 15 is 0 Å². The summed E-state index contributed by atoms with van der Waals surface area (Å²) < 4.78 is 5.67. The molecule has 0 bridgehead atoms. The second-order valence-electron chi connectivity index (χ2n) is 4.85. The van der Waals surface area contributed by atoms with Gasteiger partial charge in [-0.15, -0.1) is 0 Å². The number of benzene rings is 1. The van der Waals surface area contributed by atoms with Gasteiger partial charge in [-0.25, -0.2) is 0 Å². The number of hydrogen-bond donors (Lipinski definition) is 1. The Morgan fingerprint density at radius 3 is 2.71 bits per heavy atom. The third kappa shape index (κ3) is 2.86. The molecule has 1 heterocycles. The van der Waals surface area contributed by atoms with Crippen LogP contribution in [0.5, 0.6) is 0 Å². The van der Waals surface area contributed by atoms with Gasteiger partial charge in [0.2, 0.25) is 0 Å². The number of nitrogens with two attached hydrogens (primary N) is 1. The monoisotopic (exact) mass is 234 g/mol. The van der Waals surface area contributed by atoms with Gasteiger partial charge < -0.3 is 10.5 Å². The van der Waals surface area contributed by atoms with E-state index < -0.39 is 0 Å². The van der Waals surface area contributed by atoms with Crippen LogP contribution in [-0.2, 0) is 4.74 Å². The molecule has 3 nitrogen and oxygen atoms in total. The maximum absolute atomic E-state index is 5.96. The summed E-state index contributed by atoms with van der Waals surface area (Å²) in [4.78, 5) is 2.46. The van der Waals surface area contributed by atoms with Crippen molar-refractivity contribution < 1.29 is 4.74 Å². The third-order valence-corrected chi connectivity index (χ3v) is 3.46. The average Bonchev–Trinajstić information content (AvgIpc) is 2.36. The molecule has 1 aromatic carbocycles. The summed E-state index contributed by atoms with van der Waals surface area (Å²) in [5, 5.41) is 0. The van der Waals surface area contributed by atoms with Crippen molar-refractivity contribution in [1.82, 2.24) is 4.90 Å². The third-order valence-electron chi connectivity index (χ3n) is 3.46. The molecule has 1 fully saturated rings. The van der Waals surface area contributed by atoms with Crippen LogP contribution < -0.4 is 5.73 Å². The topological polar surface area (TPSA) is 38.5 Å². The Morgan fingerprint density at radius 2 is 2.06 bits per heavy atom. The van der Waals surface area contributed by atoms with Crippen LogP contribution in [0.3, 0.4) is 0 Å². The van der Waals surface area contributed by atoms with Gasteiger partial charge in [0.15, 0.2) is 0 Å². The molecule has 2 rings (SSSR count). The van der Waals surface area contributed by atoms with Crippen molar-refractivity contribution in [3.8, 4) is 0 Å². The van der Waals surface area contributed by atoms with Gasteiger partial charge in [-0.2, -0.15) is 0 Å². The van der Waals surface area contributed by atoms with Gasteiger partial charge in [0.05, 0.1) is 12.7 Å². The Labute approximate surface area is 104 Å². The van der Waals surface area contributed by atoms with Crippen LogP contribution in [0.1, 0.15) is 25.5 Å². The number of morpholine rings is 1. The number of nitrogens with zero attached hydrogens (tertiary/aromatic N) is 1. The summed E-state index contributed by atoms with van der Waals surface area (Å²) in [7, 11) is 0. The fraction of sp³-hybridized carbons (Fsp3) is 0.571. The van der Waals surface area contributed by atoms with E-state index in [0.717, 1.165) is 13.2 Å². The van der Waals surface area contributed by atoms with Crippen molar-refractivity contribution >= 4 is 0 Å². The molecule has 94 valence electrons. The largest absolute Gasteiger partial charge is 0.376 e. The summed E-state index contributed by atoms with van der Waals surface area (Å²) in [6.07, 6.45) is 0.295. The van der Waals surface area contributed by atoms with Crippen molar-refractivity contribution in [3.63, 3.8) is 0 Å². The first-order valence-corrected chi connectivity index (χ1v) is 6.34. The van der Waals surface area contributed by atoms with Crippen LogP contribution in [0, 0.1) is 0 Å². The predicted octanol–water partition coefficient (Wildman–Crippen LogP) is 1.80. The Kier molecular flexibility index (Phi) is 4.15. The maximum atomic E-state index is 5.96. The molecule has 0 radical (unpaired) electrons. The molecular formula is C14H22N2O. The molecular weight excluding hydrogens is 212 g/mol. The minimum absolute atomic E-state index is 0.295. The zero-order chi connectivity index (χ0) is 12.3. The summed E-state index contributed by atoms with van der Waals surface area (Å²) in [6, 6.07) is 11.2. The van der Waals surface area contributed by atoms with Crippen LogP contribution in [0.25, 0.3) is 0 Å². The van der Waals surface area contributed by atoms with Crippen molar-refractivity contribution in [2.45, 2.75) is 32.0 Å². The first-order chi connectivity index (χ1) is 8.22. The minimum atomic E-state index is 0.295. The Hall–Kier alpha value is -0.900. The van der Waals surface area contributed by atoms with Crippen LogP contribution >= 0.6 is 0 Å². The average molecular weight is 234 g/mol. The highest BCUT2D eigenvalue weighted by molar-refractivity contribution is 5.19. The molecule has 1 aliphatic rings. The first kappa shape index (κ1) is 12.6. The van der Waals surface area contributed by atoms with Gasteiger partial charge in [-0.1, -0.05) is 30.3 Å². The molecule has 0 saturated carbocycles. The van der Waals surface area contributed by atoms with Crippen molar-refractivity contribution in [2.75, 3.05) is 19.7 Å². The summed E-state index contributed by atoms with van der Waals surface area (Å²) in [6.45, 7) is 6.73. The predicted molar refractivity (Wildman–Crippen MR) is 69.8 cm³/mol. The highest BCUT2D eigenvalue weighted by Crippen LogP contribution is 2.25. The molecule has 1 aromatic rings. The van der Waals surface area contributed by atoms with Gasteiger partial charge in [0.25, 0.3) is 0 Å². The fourth-order valence-corrected chi connectivity index (χ4v) is 2.50. The van der Waals surface area contributed by atoms with Gasteiger partial charge in [-0.05, 0) is 19.4 Å². The molecule has 3 unspecified atom stereocenters. The molecule has 17 heavy (non-hydrogen) atoms.